The molecule has 5 nitrogen and oxygen atoms in total. The molecular formula is C22H29N3O2S. The number of likely N-dealkylation sites (N-methyl/N-ethyl adjacent to an activating group) is 1. The number of ether oxygens (including phenoxy) is 1. The van der Waals surface area contributed by atoms with Gasteiger partial charge in [0.2, 0.25) is 0 Å². The number of nitrogens with zero attached hydrogens (tertiary/aromatic N) is 1. The number of hydrogen-bond acceptors (Lipinski definition) is 4. The van der Waals surface area contributed by atoms with E-state index in [0.717, 1.165) is 31.8 Å². The molecule has 2 N–H and O–H groups in total. The van der Waals surface area contributed by atoms with Gasteiger partial charge >= 0.3 is 0 Å². The minimum absolute atomic E-state index is 0.226. The second-order valence-electron chi connectivity index (χ2n) is 6.35. The number of hydrogen-bond donors (Lipinski definition) is 2. The minimum Gasteiger partial charge on any atom is -0.493 e. The molecule has 0 fully saturated rings. The lowest BCUT2D eigenvalue weighted by Crippen LogP contribution is -2.42. The van der Waals surface area contributed by atoms with E-state index in [1.165, 1.54) is 5.56 Å². The average molecular weight is 400 g/mol. The molecule has 2 aromatic rings. The Morgan fingerprint density at radius 3 is 2.36 bits per heavy atom. The highest BCUT2D eigenvalue weighted by Gasteiger charge is 2.08. The van der Waals surface area contributed by atoms with Crippen molar-refractivity contribution >= 4 is 23.2 Å². The Hall–Kier alpha value is -2.44. The summed E-state index contributed by atoms with van der Waals surface area (Å²) < 4.78 is 5.75. The van der Waals surface area contributed by atoms with Crippen LogP contribution in [0.5, 0.6) is 5.75 Å². The molecule has 0 bridgehead atoms. The zero-order chi connectivity index (χ0) is 20.2. The van der Waals surface area contributed by atoms with Gasteiger partial charge in [0.05, 0.1) is 6.61 Å². The first-order valence-corrected chi connectivity index (χ1v) is 10.1. The van der Waals surface area contributed by atoms with E-state index in [0.29, 0.717) is 23.8 Å². The summed E-state index contributed by atoms with van der Waals surface area (Å²) in [6.07, 6.45) is 0.844. The van der Waals surface area contributed by atoms with Gasteiger partial charge in [0, 0.05) is 25.1 Å². The van der Waals surface area contributed by atoms with E-state index in [1.807, 2.05) is 18.2 Å². The number of thiocarbonyl (C=S) groups is 1. The SMILES string of the molecule is CCN(CC)CCNC(=S)NC(=O)c1ccc(OCCc2ccccc2)cc1. The quantitative estimate of drug-likeness (QED) is 0.601. The van der Waals surface area contributed by atoms with Crippen molar-refractivity contribution in [3.63, 3.8) is 0 Å². The molecular weight excluding hydrogens is 370 g/mol. The molecule has 0 unspecified atom stereocenters. The van der Waals surface area contributed by atoms with E-state index in [2.05, 4.69) is 41.5 Å². The number of benzene rings is 2. The molecule has 0 heterocycles. The molecule has 150 valence electrons. The van der Waals surface area contributed by atoms with Crippen molar-refractivity contribution in [2.24, 2.45) is 0 Å². The molecule has 0 aliphatic rings. The van der Waals surface area contributed by atoms with Crippen LogP contribution >= 0.6 is 12.2 Å². The molecule has 0 spiro atoms. The monoisotopic (exact) mass is 399 g/mol. The van der Waals surface area contributed by atoms with Crippen LogP contribution < -0.4 is 15.4 Å². The van der Waals surface area contributed by atoms with Gasteiger partial charge in [-0.2, -0.15) is 0 Å². The molecule has 0 saturated heterocycles. The van der Waals surface area contributed by atoms with Crippen LogP contribution in [0.25, 0.3) is 0 Å². The van der Waals surface area contributed by atoms with Gasteiger partial charge in [-0.1, -0.05) is 44.2 Å². The van der Waals surface area contributed by atoms with Crippen LogP contribution in [-0.4, -0.2) is 48.7 Å². The zero-order valence-corrected chi connectivity index (χ0v) is 17.4. The molecule has 0 saturated carbocycles. The highest BCUT2D eigenvalue weighted by Crippen LogP contribution is 2.13. The lowest BCUT2D eigenvalue weighted by Gasteiger charge is -2.18. The molecule has 0 aromatic heterocycles. The fourth-order valence-electron chi connectivity index (χ4n) is 2.72. The van der Waals surface area contributed by atoms with Gasteiger partial charge in [-0.25, -0.2) is 0 Å². The van der Waals surface area contributed by atoms with Crippen LogP contribution in [0.1, 0.15) is 29.8 Å². The largest absolute Gasteiger partial charge is 0.493 e. The molecule has 1 amide bonds. The van der Waals surface area contributed by atoms with E-state index in [1.54, 1.807) is 24.3 Å². The fourth-order valence-corrected chi connectivity index (χ4v) is 2.92. The van der Waals surface area contributed by atoms with Gasteiger partial charge in [-0.15, -0.1) is 0 Å². The molecule has 0 aliphatic carbocycles. The number of carbonyl (C=O) groups is 1. The van der Waals surface area contributed by atoms with Gasteiger partial charge in [-0.3, -0.25) is 10.1 Å². The van der Waals surface area contributed by atoms with Crippen LogP contribution in [0.3, 0.4) is 0 Å². The second kappa shape index (κ2) is 12.1. The maximum Gasteiger partial charge on any atom is 0.257 e. The van der Waals surface area contributed by atoms with Crippen molar-refractivity contribution in [1.82, 2.24) is 15.5 Å². The Balaban J connectivity index is 1.72. The third-order valence-electron chi connectivity index (χ3n) is 4.45. The lowest BCUT2D eigenvalue weighted by atomic mass is 10.2. The minimum atomic E-state index is -0.226. The van der Waals surface area contributed by atoms with Gasteiger partial charge in [0.25, 0.3) is 5.91 Å². The smallest absolute Gasteiger partial charge is 0.257 e. The summed E-state index contributed by atoms with van der Waals surface area (Å²) >= 11 is 5.20. The van der Waals surface area contributed by atoms with Gasteiger partial charge in [0.1, 0.15) is 5.75 Å². The maximum atomic E-state index is 12.3. The number of rotatable bonds is 10. The summed E-state index contributed by atoms with van der Waals surface area (Å²) in [6.45, 7) is 8.43. The Bertz CT molecular complexity index is 731. The molecule has 0 aliphatic heterocycles. The number of carbonyl (C=O) groups excluding carboxylic acids is 1. The summed E-state index contributed by atoms with van der Waals surface area (Å²) in [6, 6.07) is 17.3. The van der Waals surface area contributed by atoms with Crippen molar-refractivity contribution < 1.29 is 9.53 Å². The van der Waals surface area contributed by atoms with Crippen molar-refractivity contribution in [3.8, 4) is 5.75 Å². The Labute approximate surface area is 173 Å². The zero-order valence-electron chi connectivity index (χ0n) is 16.6. The van der Waals surface area contributed by atoms with Crippen LogP contribution in [0.4, 0.5) is 0 Å². The normalized spacial score (nSPS) is 10.5. The molecule has 0 radical (unpaired) electrons. The van der Waals surface area contributed by atoms with Crippen molar-refractivity contribution in [3.05, 3.63) is 65.7 Å². The van der Waals surface area contributed by atoms with Crippen LogP contribution in [-0.2, 0) is 6.42 Å². The van der Waals surface area contributed by atoms with E-state index >= 15 is 0 Å². The first-order chi connectivity index (χ1) is 13.6. The van der Waals surface area contributed by atoms with Crippen molar-refractivity contribution in [1.29, 1.82) is 0 Å². The first kappa shape index (κ1) is 21.9. The summed E-state index contributed by atoms with van der Waals surface area (Å²) in [5.41, 5.74) is 1.78. The molecule has 6 heteroatoms. The molecule has 28 heavy (non-hydrogen) atoms. The second-order valence-corrected chi connectivity index (χ2v) is 6.75. The number of nitrogens with one attached hydrogen (secondary N) is 2. The molecule has 2 rings (SSSR count). The van der Waals surface area contributed by atoms with Gasteiger partial charge < -0.3 is 15.0 Å². The third-order valence-corrected chi connectivity index (χ3v) is 4.70. The first-order valence-electron chi connectivity index (χ1n) is 9.70. The predicted octanol–water partition coefficient (Wildman–Crippen LogP) is 3.25. The van der Waals surface area contributed by atoms with Gasteiger partial charge in [0.15, 0.2) is 5.11 Å². The predicted molar refractivity (Wildman–Crippen MR) is 118 cm³/mol. The fraction of sp³-hybridized carbons (Fsp3) is 0.364. The highest BCUT2D eigenvalue weighted by molar-refractivity contribution is 7.80. The molecule has 2 aromatic carbocycles. The van der Waals surface area contributed by atoms with Crippen LogP contribution in [0, 0.1) is 0 Å². The Kier molecular flexibility index (Phi) is 9.45. The summed E-state index contributed by atoms with van der Waals surface area (Å²) in [5, 5.41) is 6.13. The van der Waals surface area contributed by atoms with E-state index < -0.39 is 0 Å². The maximum absolute atomic E-state index is 12.3. The number of amides is 1. The highest BCUT2D eigenvalue weighted by atomic mass is 32.1. The molecule has 0 atom stereocenters. The summed E-state index contributed by atoms with van der Waals surface area (Å²) in [5.74, 6) is 0.517. The Morgan fingerprint density at radius 1 is 1.04 bits per heavy atom. The van der Waals surface area contributed by atoms with E-state index in [4.69, 9.17) is 17.0 Å². The lowest BCUT2D eigenvalue weighted by molar-refractivity contribution is 0.0976. The summed E-state index contributed by atoms with van der Waals surface area (Å²) in [7, 11) is 0. The van der Waals surface area contributed by atoms with E-state index in [9.17, 15) is 4.79 Å². The average Bonchev–Trinajstić information content (AvgIpc) is 2.72. The summed E-state index contributed by atoms with van der Waals surface area (Å²) in [4.78, 5) is 14.6. The van der Waals surface area contributed by atoms with Crippen molar-refractivity contribution in [2.45, 2.75) is 20.3 Å². The van der Waals surface area contributed by atoms with Gasteiger partial charge in [-0.05, 0) is 55.1 Å². The third kappa shape index (κ3) is 7.66. The topological polar surface area (TPSA) is 53.6 Å². The van der Waals surface area contributed by atoms with Crippen LogP contribution in [0.15, 0.2) is 54.6 Å². The Morgan fingerprint density at radius 2 is 1.71 bits per heavy atom. The van der Waals surface area contributed by atoms with Crippen LogP contribution in [0.2, 0.25) is 0 Å². The standard InChI is InChI=1S/C22H29N3O2S/c1-3-25(4-2)16-15-23-22(28)24-21(26)19-10-12-20(13-11-19)27-17-14-18-8-6-5-7-9-18/h5-13H,3-4,14-17H2,1-2H3,(H2,23,24,26,28). The van der Waals surface area contributed by atoms with Crippen molar-refractivity contribution in [2.75, 3.05) is 32.8 Å². The van der Waals surface area contributed by atoms with E-state index in [-0.39, 0.29) is 5.91 Å².